The van der Waals surface area contributed by atoms with E-state index in [2.05, 4.69) is 23.8 Å². The second kappa shape index (κ2) is 7.41. The second-order valence-corrected chi connectivity index (χ2v) is 5.38. The molecule has 1 aliphatic rings. The molecule has 20 heavy (non-hydrogen) atoms. The van der Waals surface area contributed by atoms with E-state index in [4.69, 9.17) is 4.74 Å². The number of nitrogens with zero attached hydrogens (tertiary/aromatic N) is 2. The molecular formula is C16H24N2O2. The maximum absolute atomic E-state index is 12.3. The van der Waals surface area contributed by atoms with Gasteiger partial charge in [0.25, 0.3) is 0 Å². The topological polar surface area (TPSA) is 32.8 Å². The highest BCUT2D eigenvalue weighted by molar-refractivity contribution is 5.97. The molecule has 1 aromatic carbocycles. The van der Waals surface area contributed by atoms with Crippen LogP contribution in [-0.4, -0.2) is 62.0 Å². The Labute approximate surface area is 121 Å². The fourth-order valence-corrected chi connectivity index (χ4v) is 2.28. The van der Waals surface area contributed by atoms with Gasteiger partial charge in [-0.1, -0.05) is 19.1 Å². The molecule has 1 saturated heterocycles. The van der Waals surface area contributed by atoms with Gasteiger partial charge in [-0.3, -0.25) is 9.69 Å². The summed E-state index contributed by atoms with van der Waals surface area (Å²) in [6, 6.07) is 7.52. The second-order valence-electron chi connectivity index (χ2n) is 5.38. The lowest BCUT2D eigenvalue weighted by Crippen LogP contribution is -2.46. The van der Waals surface area contributed by atoms with Gasteiger partial charge in [-0.25, -0.2) is 0 Å². The molecule has 0 amide bonds. The van der Waals surface area contributed by atoms with Crippen molar-refractivity contribution in [2.75, 3.05) is 46.4 Å². The lowest BCUT2D eigenvalue weighted by atomic mass is 10.1. The molecule has 110 valence electrons. The zero-order chi connectivity index (χ0) is 14.4. The Bertz CT molecular complexity index is 440. The van der Waals surface area contributed by atoms with Crippen LogP contribution in [0.25, 0.3) is 0 Å². The van der Waals surface area contributed by atoms with E-state index in [1.807, 2.05) is 24.3 Å². The minimum atomic E-state index is 0.177. The average molecular weight is 276 g/mol. The Morgan fingerprint density at radius 1 is 1.25 bits per heavy atom. The third-order valence-corrected chi connectivity index (χ3v) is 3.59. The Hall–Kier alpha value is -1.39. The zero-order valence-corrected chi connectivity index (χ0v) is 12.5. The van der Waals surface area contributed by atoms with Crippen LogP contribution in [0.5, 0.6) is 5.75 Å². The molecule has 0 N–H and O–H groups in total. The molecule has 1 aromatic rings. The molecule has 1 heterocycles. The molecule has 1 fully saturated rings. The van der Waals surface area contributed by atoms with Crippen LogP contribution in [-0.2, 0) is 0 Å². The zero-order valence-electron chi connectivity index (χ0n) is 12.5. The van der Waals surface area contributed by atoms with Gasteiger partial charge in [0.05, 0.1) is 13.2 Å². The number of hydrogen-bond donors (Lipinski definition) is 0. The lowest BCUT2D eigenvalue weighted by molar-refractivity contribution is 0.0876. The normalized spacial score (nSPS) is 17.1. The first kappa shape index (κ1) is 15.0. The molecule has 4 heteroatoms. The first-order valence-electron chi connectivity index (χ1n) is 7.36. The van der Waals surface area contributed by atoms with E-state index >= 15 is 0 Å². The molecule has 0 unspecified atom stereocenters. The predicted molar refractivity (Wildman–Crippen MR) is 80.5 cm³/mol. The molecule has 0 radical (unpaired) electrons. The summed E-state index contributed by atoms with van der Waals surface area (Å²) in [6.07, 6.45) is 0.972. The number of carbonyl (C=O) groups excluding carboxylic acids is 1. The van der Waals surface area contributed by atoms with Crippen molar-refractivity contribution >= 4 is 5.78 Å². The third kappa shape index (κ3) is 4.32. The average Bonchev–Trinajstić information content (AvgIpc) is 2.48. The highest BCUT2D eigenvalue weighted by Gasteiger charge is 2.17. The molecule has 0 bridgehead atoms. The summed E-state index contributed by atoms with van der Waals surface area (Å²) in [7, 11) is 2.12. The number of likely N-dealkylation sites (N-methyl/N-ethyl adjacent to an activating group) is 1. The fraction of sp³-hybridized carbons (Fsp3) is 0.562. The number of carbonyl (C=O) groups is 1. The largest absolute Gasteiger partial charge is 0.494 e. The van der Waals surface area contributed by atoms with Gasteiger partial charge in [-0.15, -0.1) is 0 Å². The van der Waals surface area contributed by atoms with E-state index in [1.54, 1.807) is 0 Å². The van der Waals surface area contributed by atoms with Crippen LogP contribution in [0, 0.1) is 0 Å². The maximum Gasteiger partial charge on any atom is 0.176 e. The predicted octanol–water partition coefficient (Wildman–Crippen LogP) is 1.91. The van der Waals surface area contributed by atoms with Crippen molar-refractivity contribution in [1.82, 2.24) is 9.80 Å². The molecule has 0 saturated carbocycles. The van der Waals surface area contributed by atoms with Crippen LogP contribution in [0.3, 0.4) is 0 Å². The molecular weight excluding hydrogens is 252 g/mol. The highest BCUT2D eigenvalue weighted by Crippen LogP contribution is 2.14. The molecule has 2 rings (SSSR count). The van der Waals surface area contributed by atoms with Gasteiger partial charge in [0, 0.05) is 31.7 Å². The van der Waals surface area contributed by atoms with Gasteiger partial charge in [-0.05, 0) is 25.6 Å². The lowest BCUT2D eigenvalue weighted by Gasteiger charge is -2.31. The van der Waals surface area contributed by atoms with Gasteiger partial charge in [0.15, 0.2) is 5.78 Å². The molecule has 0 aliphatic carbocycles. The van der Waals surface area contributed by atoms with E-state index in [1.165, 1.54) is 0 Å². The quantitative estimate of drug-likeness (QED) is 0.743. The number of ketones is 1. The summed E-state index contributed by atoms with van der Waals surface area (Å²) in [4.78, 5) is 16.8. The van der Waals surface area contributed by atoms with E-state index < -0.39 is 0 Å². The number of ether oxygens (including phenoxy) is 1. The van der Waals surface area contributed by atoms with Crippen LogP contribution in [0.2, 0.25) is 0 Å². The van der Waals surface area contributed by atoms with Crippen LogP contribution in [0.4, 0.5) is 0 Å². The van der Waals surface area contributed by atoms with E-state index in [9.17, 15) is 4.79 Å². The van der Waals surface area contributed by atoms with Crippen molar-refractivity contribution in [2.45, 2.75) is 13.3 Å². The van der Waals surface area contributed by atoms with Crippen LogP contribution in [0.15, 0.2) is 24.3 Å². The monoisotopic (exact) mass is 276 g/mol. The summed E-state index contributed by atoms with van der Waals surface area (Å²) in [5.41, 5.74) is 0.748. The summed E-state index contributed by atoms with van der Waals surface area (Å²) in [5, 5.41) is 0. The summed E-state index contributed by atoms with van der Waals surface area (Å²) in [5.74, 6) is 0.965. The van der Waals surface area contributed by atoms with Crippen molar-refractivity contribution in [2.24, 2.45) is 0 Å². The van der Waals surface area contributed by atoms with Gasteiger partial charge in [-0.2, -0.15) is 0 Å². The molecule has 1 aliphatic heterocycles. The number of benzene rings is 1. The van der Waals surface area contributed by atoms with Gasteiger partial charge in [0.1, 0.15) is 5.75 Å². The summed E-state index contributed by atoms with van der Waals surface area (Å²) in [6.45, 7) is 7.27. The van der Waals surface area contributed by atoms with Crippen LogP contribution < -0.4 is 4.74 Å². The standard InChI is InChI=1S/C16H24N2O2/c1-3-11-20-15-6-4-5-14(12-15)16(19)13-18-9-7-17(2)8-10-18/h4-6,12H,3,7-11,13H2,1-2H3. The SMILES string of the molecule is CCCOc1cccc(C(=O)CN2CCN(C)CC2)c1. The molecule has 0 atom stereocenters. The number of Topliss-reactive ketones (excluding diaryl/α,β-unsaturated/α-hetero) is 1. The van der Waals surface area contributed by atoms with Crippen molar-refractivity contribution in [3.8, 4) is 5.75 Å². The van der Waals surface area contributed by atoms with Crippen molar-refractivity contribution in [1.29, 1.82) is 0 Å². The van der Waals surface area contributed by atoms with E-state index in [0.29, 0.717) is 13.2 Å². The Kier molecular flexibility index (Phi) is 5.56. The summed E-state index contributed by atoms with van der Waals surface area (Å²) < 4.78 is 5.58. The van der Waals surface area contributed by atoms with Gasteiger partial charge >= 0.3 is 0 Å². The van der Waals surface area contributed by atoms with E-state index in [-0.39, 0.29) is 5.78 Å². The number of hydrogen-bond acceptors (Lipinski definition) is 4. The minimum Gasteiger partial charge on any atom is -0.494 e. The van der Waals surface area contributed by atoms with Crippen molar-refractivity contribution in [3.63, 3.8) is 0 Å². The van der Waals surface area contributed by atoms with Crippen molar-refractivity contribution in [3.05, 3.63) is 29.8 Å². The number of rotatable bonds is 6. The number of piperazine rings is 1. The first-order chi connectivity index (χ1) is 9.69. The summed E-state index contributed by atoms with van der Waals surface area (Å²) >= 11 is 0. The van der Waals surface area contributed by atoms with Crippen LogP contribution in [0.1, 0.15) is 23.7 Å². The van der Waals surface area contributed by atoms with Crippen molar-refractivity contribution < 1.29 is 9.53 Å². The molecule has 0 aromatic heterocycles. The highest BCUT2D eigenvalue weighted by atomic mass is 16.5. The Morgan fingerprint density at radius 3 is 2.70 bits per heavy atom. The van der Waals surface area contributed by atoms with E-state index in [0.717, 1.165) is 43.9 Å². The van der Waals surface area contributed by atoms with Gasteiger partial charge in [0.2, 0.25) is 0 Å². The Morgan fingerprint density at radius 2 is 2.00 bits per heavy atom. The maximum atomic E-state index is 12.3. The fourth-order valence-electron chi connectivity index (χ4n) is 2.28. The molecule has 0 spiro atoms. The van der Waals surface area contributed by atoms with Crippen LogP contribution >= 0.6 is 0 Å². The smallest absolute Gasteiger partial charge is 0.176 e. The third-order valence-electron chi connectivity index (χ3n) is 3.59. The van der Waals surface area contributed by atoms with Gasteiger partial charge < -0.3 is 9.64 Å². The molecule has 4 nitrogen and oxygen atoms in total. The first-order valence-corrected chi connectivity index (χ1v) is 7.36. The minimum absolute atomic E-state index is 0.177. The Balaban J connectivity index is 1.91.